The lowest BCUT2D eigenvalue weighted by Gasteiger charge is -2.23. The van der Waals surface area contributed by atoms with Gasteiger partial charge in [-0.15, -0.1) is 0 Å². The molecule has 0 fully saturated rings. The van der Waals surface area contributed by atoms with Crippen molar-refractivity contribution in [1.82, 2.24) is 14.5 Å². The fraction of sp³-hybridized carbons (Fsp3) is 0.391. The molecule has 3 rings (SSSR count). The fourth-order valence-corrected chi connectivity index (χ4v) is 4.92. The van der Waals surface area contributed by atoms with Crippen LogP contribution in [0.1, 0.15) is 30.9 Å². The number of hydrogen-bond donors (Lipinski definition) is 0. The topological polar surface area (TPSA) is 94.6 Å². The lowest BCUT2D eigenvalue weighted by atomic mass is 10.2. The van der Waals surface area contributed by atoms with Crippen molar-refractivity contribution in [3.05, 3.63) is 71.9 Å². The molecule has 0 atom stereocenters. The van der Waals surface area contributed by atoms with Crippen LogP contribution >= 0.6 is 0 Å². The SMILES string of the molecule is COCC(=O)N(Cc1ccco1)Cc1cnc(S(=O)(=O)Cc2ccccc2)n1CC(C)C. The minimum absolute atomic E-state index is 0.0159. The van der Waals surface area contributed by atoms with Crippen molar-refractivity contribution in [2.75, 3.05) is 13.7 Å². The quantitative estimate of drug-likeness (QED) is 0.437. The van der Waals surface area contributed by atoms with Gasteiger partial charge < -0.3 is 18.6 Å². The van der Waals surface area contributed by atoms with Crippen LogP contribution in [0.2, 0.25) is 0 Å². The largest absolute Gasteiger partial charge is 0.467 e. The Kier molecular flexibility index (Phi) is 7.87. The molecule has 0 saturated carbocycles. The third-order valence-electron chi connectivity index (χ3n) is 4.83. The number of carbonyl (C=O) groups is 1. The number of benzene rings is 1. The summed E-state index contributed by atoms with van der Waals surface area (Å²) in [5.74, 6) is 0.444. The van der Waals surface area contributed by atoms with Crippen LogP contribution in [0.3, 0.4) is 0 Å². The van der Waals surface area contributed by atoms with E-state index in [9.17, 15) is 13.2 Å². The number of hydrogen-bond acceptors (Lipinski definition) is 6. The van der Waals surface area contributed by atoms with Gasteiger partial charge in [-0.2, -0.15) is 0 Å². The molecule has 8 nitrogen and oxygen atoms in total. The fourth-order valence-electron chi connectivity index (χ4n) is 3.42. The van der Waals surface area contributed by atoms with Crippen molar-refractivity contribution in [3.63, 3.8) is 0 Å². The van der Waals surface area contributed by atoms with Gasteiger partial charge in [0.15, 0.2) is 0 Å². The summed E-state index contributed by atoms with van der Waals surface area (Å²) in [5, 5.41) is 0.0159. The molecular weight excluding hydrogens is 430 g/mol. The van der Waals surface area contributed by atoms with E-state index in [1.807, 2.05) is 32.0 Å². The first-order valence-corrected chi connectivity index (χ1v) is 12.1. The molecule has 9 heteroatoms. The standard InChI is InChI=1S/C23H29N3O5S/c1-18(2)13-26-20(14-25(22(27)16-30-3)15-21-10-7-11-31-21)12-24-23(26)32(28,29)17-19-8-5-4-6-9-19/h4-12,18H,13-17H2,1-3H3. The first-order valence-electron chi connectivity index (χ1n) is 10.4. The highest BCUT2D eigenvalue weighted by Gasteiger charge is 2.26. The number of rotatable bonds is 11. The Morgan fingerprint density at radius 3 is 2.53 bits per heavy atom. The highest BCUT2D eigenvalue weighted by atomic mass is 32.2. The number of methoxy groups -OCH3 is 1. The minimum atomic E-state index is -3.68. The van der Waals surface area contributed by atoms with Gasteiger partial charge in [0.1, 0.15) is 12.4 Å². The molecule has 0 aliphatic heterocycles. The van der Waals surface area contributed by atoms with E-state index in [-0.39, 0.29) is 42.4 Å². The predicted octanol–water partition coefficient (Wildman–Crippen LogP) is 3.28. The Morgan fingerprint density at radius 1 is 1.16 bits per heavy atom. The molecule has 32 heavy (non-hydrogen) atoms. The number of nitrogens with zero attached hydrogens (tertiary/aromatic N) is 3. The average Bonchev–Trinajstić information content (AvgIpc) is 3.38. The third kappa shape index (κ3) is 6.08. The summed E-state index contributed by atoms with van der Waals surface area (Å²) in [7, 11) is -2.22. The Bertz CT molecular complexity index is 1110. The Balaban J connectivity index is 1.93. The molecule has 1 amide bonds. The van der Waals surface area contributed by atoms with Crippen LogP contribution in [0, 0.1) is 5.92 Å². The second kappa shape index (κ2) is 10.6. The molecule has 0 spiro atoms. The molecule has 0 N–H and O–H groups in total. The van der Waals surface area contributed by atoms with E-state index in [1.54, 1.807) is 40.0 Å². The van der Waals surface area contributed by atoms with Crippen LogP contribution in [0.25, 0.3) is 0 Å². The molecule has 0 aliphatic carbocycles. The third-order valence-corrected chi connectivity index (χ3v) is 6.42. The maximum absolute atomic E-state index is 13.2. The molecular formula is C23H29N3O5S. The molecule has 2 heterocycles. The Labute approximate surface area is 188 Å². The van der Waals surface area contributed by atoms with E-state index in [4.69, 9.17) is 9.15 Å². The van der Waals surface area contributed by atoms with E-state index in [0.29, 0.717) is 23.6 Å². The van der Waals surface area contributed by atoms with E-state index in [2.05, 4.69) is 4.98 Å². The van der Waals surface area contributed by atoms with Gasteiger partial charge in [0.05, 0.1) is 37.0 Å². The lowest BCUT2D eigenvalue weighted by molar-refractivity contribution is -0.136. The van der Waals surface area contributed by atoms with Gasteiger partial charge in [-0.1, -0.05) is 44.2 Å². The summed E-state index contributed by atoms with van der Waals surface area (Å²) in [5.41, 5.74) is 1.34. The number of furan rings is 1. The normalized spacial score (nSPS) is 11.8. The van der Waals surface area contributed by atoms with Crippen molar-refractivity contribution in [1.29, 1.82) is 0 Å². The lowest BCUT2D eigenvalue weighted by Crippen LogP contribution is -2.33. The van der Waals surface area contributed by atoms with Crippen LogP contribution < -0.4 is 0 Å². The summed E-state index contributed by atoms with van der Waals surface area (Å²) in [6.07, 6.45) is 3.08. The van der Waals surface area contributed by atoms with Crippen molar-refractivity contribution in [2.24, 2.45) is 5.92 Å². The summed E-state index contributed by atoms with van der Waals surface area (Å²) in [6, 6.07) is 12.6. The van der Waals surface area contributed by atoms with Gasteiger partial charge >= 0.3 is 0 Å². The monoisotopic (exact) mass is 459 g/mol. The number of carbonyl (C=O) groups excluding carboxylic acids is 1. The molecule has 0 radical (unpaired) electrons. The van der Waals surface area contributed by atoms with E-state index in [0.717, 1.165) is 0 Å². The highest BCUT2D eigenvalue weighted by molar-refractivity contribution is 7.90. The van der Waals surface area contributed by atoms with Gasteiger partial charge in [-0.05, 0) is 23.6 Å². The zero-order valence-corrected chi connectivity index (χ0v) is 19.4. The number of aromatic nitrogens is 2. The second-order valence-corrected chi connectivity index (χ2v) is 9.93. The molecule has 172 valence electrons. The molecule has 1 aromatic carbocycles. The molecule has 0 unspecified atom stereocenters. The minimum Gasteiger partial charge on any atom is -0.467 e. The summed E-state index contributed by atoms with van der Waals surface area (Å²) in [6.45, 7) is 4.82. The first kappa shape index (κ1) is 23.7. The van der Waals surface area contributed by atoms with E-state index < -0.39 is 9.84 Å². The van der Waals surface area contributed by atoms with Crippen molar-refractivity contribution < 1.29 is 22.4 Å². The zero-order chi connectivity index (χ0) is 23.1. The average molecular weight is 460 g/mol. The maximum Gasteiger partial charge on any atom is 0.249 e. The van der Waals surface area contributed by atoms with Crippen molar-refractivity contribution in [2.45, 2.75) is 44.4 Å². The molecule has 3 aromatic rings. The van der Waals surface area contributed by atoms with Crippen molar-refractivity contribution >= 4 is 15.7 Å². The molecule has 0 aliphatic rings. The smallest absolute Gasteiger partial charge is 0.249 e. The number of amides is 1. The Hall–Kier alpha value is -2.91. The molecule has 0 saturated heterocycles. The van der Waals surface area contributed by atoms with Gasteiger partial charge in [0.25, 0.3) is 0 Å². The van der Waals surface area contributed by atoms with Crippen LogP contribution in [0.15, 0.2) is 64.5 Å². The summed E-state index contributed by atoms with van der Waals surface area (Å²) < 4.78 is 38.5. The van der Waals surface area contributed by atoms with Gasteiger partial charge in [-0.3, -0.25) is 4.79 Å². The number of imidazole rings is 1. The second-order valence-electron chi connectivity index (χ2n) is 8.04. The summed E-state index contributed by atoms with van der Waals surface area (Å²) in [4.78, 5) is 18.5. The van der Waals surface area contributed by atoms with Gasteiger partial charge in [0.2, 0.25) is 20.9 Å². The zero-order valence-electron chi connectivity index (χ0n) is 18.6. The van der Waals surface area contributed by atoms with E-state index in [1.165, 1.54) is 13.3 Å². The molecule has 0 bridgehead atoms. The van der Waals surface area contributed by atoms with Crippen LogP contribution in [0.4, 0.5) is 0 Å². The van der Waals surface area contributed by atoms with Crippen LogP contribution in [-0.4, -0.2) is 42.5 Å². The van der Waals surface area contributed by atoms with E-state index >= 15 is 0 Å². The number of ether oxygens (including phenoxy) is 1. The van der Waals surface area contributed by atoms with Gasteiger partial charge in [-0.25, -0.2) is 13.4 Å². The Morgan fingerprint density at radius 2 is 1.91 bits per heavy atom. The maximum atomic E-state index is 13.2. The highest BCUT2D eigenvalue weighted by Crippen LogP contribution is 2.21. The predicted molar refractivity (Wildman–Crippen MR) is 119 cm³/mol. The number of sulfone groups is 1. The van der Waals surface area contributed by atoms with Crippen LogP contribution in [-0.2, 0) is 44.8 Å². The van der Waals surface area contributed by atoms with Crippen molar-refractivity contribution in [3.8, 4) is 0 Å². The molecule has 2 aromatic heterocycles. The first-order chi connectivity index (χ1) is 15.3. The summed E-state index contributed by atoms with van der Waals surface area (Å²) >= 11 is 0. The van der Waals surface area contributed by atoms with Gasteiger partial charge in [0, 0.05) is 13.7 Å². The van der Waals surface area contributed by atoms with Crippen LogP contribution in [0.5, 0.6) is 0 Å².